The van der Waals surface area contributed by atoms with E-state index >= 15 is 0 Å². The molecule has 0 N–H and O–H groups in total. The molecule has 0 unspecified atom stereocenters. The smallest absolute Gasteiger partial charge is 0.273 e. The molecule has 1 aliphatic rings. The molecule has 1 saturated heterocycles. The Balaban J connectivity index is 2.06. The summed E-state index contributed by atoms with van der Waals surface area (Å²) in [6.07, 6.45) is -0.736. The van der Waals surface area contributed by atoms with Crippen LogP contribution in [0.25, 0.3) is 0 Å². The number of amides is 4. The molecule has 0 bridgehead atoms. The van der Waals surface area contributed by atoms with Gasteiger partial charge in [-0.25, -0.2) is 18.1 Å². The van der Waals surface area contributed by atoms with Crippen LogP contribution in [0, 0.1) is 0 Å². The lowest BCUT2D eigenvalue weighted by Crippen LogP contribution is -2.57. The maximum Gasteiger partial charge on any atom is 0.352 e. The largest absolute Gasteiger partial charge is 0.352 e. The zero-order valence-electron chi connectivity index (χ0n) is 12.6. The van der Waals surface area contributed by atoms with E-state index < -0.39 is 34.3 Å². The fraction of sp³-hybridized carbons (Fsp3) is 0.0625. The Kier molecular flexibility index (Phi) is 4.32. The number of rotatable bonds is 3. The van der Waals surface area contributed by atoms with Crippen molar-refractivity contribution >= 4 is 45.2 Å². The zero-order valence-corrected chi connectivity index (χ0v) is 14.2. The average molecular weight is 379 g/mol. The van der Waals surface area contributed by atoms with Crippen LogP contribution in [0.5, 0.6) is 0 Å². The minimum atomic E-state index is -4.42. The van der Waals surface area contributed by atoms with Crippen LogP contribution in [-0.4, -0.2) is 30.6 Å². The Labute approximate surface area is 148 Å². The number of carbonyl (C=O) groups is 3. The Hall–Kier alpha value is -2.71. The quantitative estimate of drug-likeness (QED) is 0.765. The van der Waals surface area contributed by atoms with Crippen molar-refractivity contribution in [2.75, 3.05) is 4.90 Å². The van der Waals surface area contributed by atoms with E-state index in [1.165, 1.54) is 48.5 Å². The standard InChI is InChI=1S/C16H11ClN2O5S/c17-11-6-8-12(9-7-11)18-14(20)10-15(21)19(16(18)22)25(23,24)13-4-2-1-3-5-13/h1-9H,10H2. The Morgan fingerprint density at radius 2 is 1.44 bits per heavy atom. The van der Waals surface area contributed by atoms with Crippen molar-refractivity contribution < 1.29 is 22.8 Å². The number of imide groups is 2. The molecule has 0 saturated carbocycles. The van der Waals surface area contributed by atoms with Crippen LogP contribution in [0.2, 0.25) is 5.02 Å². The van der Waals surface area contributed by atoms with Gasteiger partial charge in [0.25, 0.3) is 15.9 Å². The molecule has 0 radical (unpaired) electrons. The molecule has 0 aromatic heterocycles. The molecule has 2 aromatic rings. The molecule has 2 aromatic carbocycles. The van der Waals surface area contributed by atoms with Crippen molar-refractivity contribution in [3.8, 4) is 0 Å². The summed E-state index contributed by atoms with van der Waals surface area (Å²) >= 11 is 5.78. The van der Waals surface area contributed by atoms with Gasteiger partial charge in [0.1, 0.15) is 6.42 Å². The van der Waals surface area contributed by atoms with Gasteiger partial charge in [0.15, 0.2) is 0 Å². The Bertz CT molecular complexity index is 958. The molecule has 0 aliphatic carbocycles. The van der Waals surface area contributed by atoms with Crippen LogP contribution < -0.4 is 4.90 Å². The van der Waals surface area contributed by atoms with Gasteiger partial charge in [-0.05, 0) is 36.4 Å². The first-order valence-electron chi connectivity index (χ1n) is 7.08. The maximum absolute atomic E-state index is 12.7. The molecule has 1 aliphatic heterocycles. The molecule has 7 nitrogen and oxygen atoms in total. The van der Waals surface area contributed by atoms with E-state index in [1.54, 1.807) is 6.07 Å². The third-order valence-corrected chi connectivity index (χ3v) is 5.47. The molecular formula is C16H11ClN2O5S. The minimum absolute atomic E-state index is 0.123. The van der Waals surface area contributed by atoms with Crippen LogP contribution in [0.4, 0.5) is 10.5 Å². The van der Waals surface area contributed by atoms with Gasteiger partial charge >= 0.3 is 6.03 Å². The van der Waals surface area contributed by atoms with Gasteiger partial charge in [-0.3, -0.25) is 9.59 Å². The van der Waals surface area contributed by atoms with E-state index in [0.29, 0.717) is 9.92 Å². The van der Waals surface area contributed by atoms with Gasteiger partial charge in [-0.15, -0.1) is 0 Å². The first-order chi connectivity index (χ1) is 11.8. The summed E-state index contributed by atoms with van der Waals surface area (Å²) in [6.45, 7) is 0. The second-order valence-electron chi connectivity index (χ2n) is 5.14. The van der Waals surface area contributed by atoms with E-state index in [0.717, 1.165) is 0 Å². The summed E-state index contributed by atoms with van der Waals surface area (Å²) in [5, 5.41) is 0.380. The topological polar surface area (TPSA) is 91.8 Å². The van der Waals surface area contributed by atoms with Gasteiger partial charge in [0, 0.05) is 5.02 Å². The lowest BCUT2D eigenvalue weighted by molar-refractivity contribution is -0.131. The molecule has 128 valence electrons. The normalized spacial score (nSPS) is 15.6. The number of hydrogen-bond donors (Lipinski definition) is 0. The number of carbonyl (C=O) groups excluding carboxylic acids is 3. The predicted octanol–water partition coefficient (Wildman–Crippen LogP) is 2.41. The van der Waals surface area contributed by atoms with E-state index in [9.17, 15) is 22.8 Å². The summed E-state index contributed by atoms with van der Waals surface area (Å²) in [7, 11) is -4.42. The van der Waals surface area contributed by atoms with Crippen molar-refractivity contribution in [2.24, 2.45) is 0 Å². The minimum Gasteiger partial charge on any atom is -0.273 e. The highest BCUT2D eigenvalue weighted by atomic mass is 35.5. The number of urea groups is 1. The summed E-state index contributed by atoms with van der Waals surface area (Å²) in [5.74, 6) is -1.90. The summed E-state index contributed by atoms with van der Waals surface area (Å²) in [6, 6.07) is 11.5. The van der Waals surface area contributed by atoms with E-state index in [1.807, 2.05) is 0 Å². The molecule has 4 amide bonds. The molecule has 1 fully saturated rings. The third-order valence-electron chi connectivity index (χ3n) is 3.51. The van der Waals surface area contributed by atoms with Crippen molar-refractivity contribution in [1.82, 2.24) is 4.31 Å². The first-order valence-corrected chi connectivity index (χ1v) is 8.90. The molecular weight excluding hydrogens is 368 g/mol. The van der Waals surface area contributed by atoms with Gasteiger partial charge in [-0.1, -0.05) is 29.8 Å². The second kappa shape index (κ2) is 6.30. The number of sulfonamides is 1. The second-order valence-corrected chi connectivity index (χ2v) is 7.36. The van der Waals surface area contributed by atoms with Crippen LogP contribution in [0.1, 0.15) is 6.42 Å². The average Bonchev–Trinajstić information content (AvgIpc) is 2.56. The predicted molar refractivity (Wildman–Crippen MR) is 89.4 cm³/mol. The number of benzene rings is 2. The van der Waals surface area contributed by atoms with Gasteiger partial charge in [0.2, 0.25) is 5.91 Å². The SMILES string of the molecule is O=C1CC(=O)N(S(=O)(=O)c2ccccc2)C(=O)N1c1ccc(Cl)cc1. The van der Waals surface area contributed by atoms with Crippen molar-refractivity contribution in [3.63, 3.8) is 0 Å². The van der Waals surface area contributed by atoms with Crippen molar-refractivity contribution in [2.45, 2.75) is 11.3 Å². The number of nitrogens with zero attached hydrogens (tertiary/aromatic N) is 2. The highest BCUT2D eigenvalue weighted by Crippen LogP contribution is 2.27. The first kappa shape index (κ1) is 17.1. The van der Waals surface area contributed by atoms with Crippen LogP contribution in [0.3, 0.4) is 0 Å². The van der Waals surface area contributed by atoms with E-state index in [2.05, 4.69) is 0 Å². The highest BCUT2D eigenvalue weighted by molar-refractivity contribution is 7.90. The fourth-order valence-corrected chi connectivity index (χ4v) is 3.82. The number of barbiturate groups is 1. The van der Waals surface area contributed by atoms with Crippen molar-refractivity contribution in [3.05, 3.63) is 59.6 Å². The summed E-state index contributed by atoms with van der Waals surface area (Å²) in [4.78, 5) is 37.3. The maximum atomic E-state index is 12.7. The number of anilines is 1. The third kappa shape index (κ3) is 3.01. The van der Waals surface area contributed by atoms with Crippen LogP contribution in [0.15, 0.2) is 59.5 Å². The van der Waals surface area contributed by atoms with E-state index in [-0.39, 0.29) is 14.9 Å². The fourth-order valence-electron chi connectivity index (χ4n) is 2.36. The van der Waals surface area contributed by atoms with Crippen molar-refractivity contribution in [1.29, 1.82) is 0 Å². The zero-order chi connectivity index (χ0) is 18.2. The van der Waals surface area contributed by atoms with Gasteiger partial charge in [0.05, 0.1) is 10.6 Å². The molecule has 25 heavy (non-hydrogen) atoms. The lowest BCUT2D eigenvalue weighted by atomic mass is 10.2. The molecule has 1 heterocycles. The van der Waals surface area contributed by atoms with Crippen LogP contribution in [-0.2, 0) is 19.6 Å². The Morgan fingerprint density at radius 3 is 2.04 bits per heavy atom. The monoisotopic (exact) mass is 378 g/mol. The van der Waals surface area contributed by atoms with E-state index in [4.69, 9.17) is 11.6 Å². The van der Waals surface area contributed by atoms with Gasteiger partial charge in [-0.2, -0.15) is 4.31 Å². The molecule has 0 spiro atoms. The Morgan fingerprint density at radius 1 is 0.840 bits per heavy atom. The summed E-state index contributed by atoms with van der Waals surface area (Å²) in [5.41, 5.74) is 0.125. The number of hydrogen-bond acceptors (Lipinski definition) is 5. The molecule has 9 heteroatoms. The van der Waals surface area contributed by atoms with Crippen LogP contribution >= 0.6 is 11.6 Å². The summed E-state index contributed by atoms with van der Waals surface area (Å²) < 4.78 is 25.5. The molecule has 0 atom stereocenters. The molecule has 3 rings (SSSR count). The number of halogens is 1. The lowest BCUT2D eigenvalue weighted by Gasteiger charge is -2.31. The van der Waals surface area contributed by atoms with Gasteiger partial charge < -0.3 is 0 Å². The highest BCUT2D eigenvalue weighted by Gasteiger charge is 2.45.